The summed E-state index contributed by atoms with van der Waals surface area (Å²) in [5.41, 5.74) is -0.315. The summed E-state index contributed by atoms with van der Waals surface area (Å²) in [5, 5.41) is 0. The van der Waals surface area contributed by atoms with Crippen molar-refractivity contribution in [2.24, 2.45) is 0 Å². The van der Waals surface area contributed by atoms with Gasteiger partial charge in [-0.25, -0.2) is 0 Å². The van der Waals surface area contributed by atoms with Gasteiger partial charge in [0.05, 0.1) is 21.3 Å². The van der Waals surface area contributed by atoms with Crippen LogP contribution in [0.5, 0.6) is 17.2 Å². The highest BCUT2D eigenvalue weighted by molar-refractivity contribution is 6.23. The lowest BCUT2D eigenvalue weighted by molar-refractivity contribution is -0.150. The van der Waals surface area contributed by atoms with Crippen molar-refractivity contribution in [2.45, 2.75) is 5.41 Å². The second-order valence-corrected chi connectivity index (χ2v) is 6.40. The average molecular weight is 397 g/mol. The third-order valence-corrected chi connectivity index (χ3v) is 5.04. The first-order valence-electron chi connectivity index (χ1n) is 8.94. The number of benzene rings is 2. The molecule has 1 amide bonds. The number of hydrogen-bond donors (Lipinski definition) is 0. The maximum atomic E-state index is 13.6. The van der Waals surface area contributed by atoms with Crippen LogP contribution in [0.2, 0.25) is 0 Å². The number of rotatable bonds is 7. The summed E-state index contributed by atoms with van der Waals surface area (Å²) < 4.78 is 21.8. The largest absolute Gasteiger partial charge is 0.493 e. The molecule has 2 aromatic carbocycles. The molecule has 2 aromatic rings. The van der Waals surface area contributed by atoms with Crippen LogP contribution in [-0.2, 0) is 19.7 Å². The normalized spacial score (nSPS) is 17.5. The monoisotopic (exact) mass is 397 g/mol. The van der Waals surface area contributed by atoms with E-state index in [2.05, 4.69) is 6.58 Å². The lowest BCUT2D eigenvalue weighted by atomic mass is 9.74. The van der Waals surface area contributed by atoms with Crippen LogP contribution in [0.4, 0.5) is 5.69 Å². The van der Waals surface area contributed by atoms with E-state index in [0.29, 0.717) is 22.6 Å². The molecule has 1 heterocycles. The Morgan fingerprint density at radius 1 is 1.03 bits per heavy atom. The Bertz CT molecular complexity index is 970. The molecule has 7 nitrogen and oxygen atoms in total. The standard InChI is InChI=1S/C22H23NO6/c1-6-13-29-21(25)22(14-9-7-8-10-16(14)23(2)20(22)24)15-11-12-17(26-3)19(28-5)18(15)27-4/h6-12H,1,13H2,2-5H3. The van der Waals surface area contributed by atoms with E-state index < -0.39 is 17.3 Å². The van der Waals surface area contributed by atoms with Gasteiger partial charge in [0.2, 0.25) is 11.2 Å². The predicted octanol–water partition coefficient (Wildman–Crippen LogP) is 2.70. The van der Waals surface area contributed by atoms with Crippen LogP contribution < -0.4 is 19.1 Å². The van der Waals surface area contributed by atoms with Crippen molar-refractivity contribution in [2.75, 3.05) is 39.9 Å². The highest BCUT2D eigenvalue weighted by Gasteiger charge is 2.59. The number of anilines is 1. The first kappa shape index (κ1) is 20.3. The molecule has 0 saturated carbocycles. The van der Waals surface area contributed by atoms with Crippen molar-refractivity contribution in [3.8, 4) is 17.2 Å². The molecule has 0 spiro atoms. The molecule has 1 unspecified atom stereocenters. The van der Waals surface area contributed by atoms with E-state index in [0.717, 1.165) is 0 Å². The van der Waals surface area contributed by atoms with E-state index in [-0.39, 0.29) is 18.1 Å². The number of ether oxygens (including phenoxy) is 4. The quantitative estimate of drug-likeness (QED) is 0.406. The molecule has 0 radical (unpaired) electrons. The molecule has 152 valence electrons. The molecule has 0 aromatic heterocycles. The predicted molar refractivity (Wildman–Crippen MR) is 108 cm³/mol. The zero-order valence-electron chi connectivity index (χ0n) is 16.9. The molecule has 1 aliphatic rings. The number of carbonyl (C=O) groups excluding carboxylic acids is 2. The number of methoxy groups -OCH3 is 3. The molecular weight excluding hydrogens is 374 g/mol. The Balaban J connectivity index is 2.40. The third-order valence-electron chi connectivity index (χ3n) is 5.04. The maximum Gasteiger partial charge on any atom is 0.331 e. The number of likely N-dealkylation sites (N-methyl/N-ethyl adjacent to an activating group) is 1. The van der Waals surface area contributed by atoms with Gasteiger partial charge in [0.1, 0.15) is 6.61 Å². The summed E-state index contributed by atoms with van der Waals surface area (Å²) in [4.78, 5) is 28.5. The van der Waals surface area contributed by atoms with Crippen molar-refractivity contribution < 1.29 is 28.5 Å². The average Bonchev–Trinajstić information content (AvgIpc) is 2.98. The van der Waals surface area contributed by atoms with Crippen molar-refractivity contribution in [1.29, 1.82) is 0 Å². The van der Waals surface area contributed by atoms with Gasteiger partial charge in [-0.3, -0.25) is 9.59 Å². The number of fused-ring (bicyclic) bond motifs is 1. The Kier molecular flexibility index (Phi) is 5.50. The van der Waals surface area contributed by atoms with Gasteiger partial charge >= 0.3 is 5.97 Å². The van der Waals surface area contributed by atoms with Crippen LogP contribution >= 0.6 is 0 Å². The molecule has 0 bridgehead atoms. The minimum Gasteiger partial charge on any atom is -0.493 e. The Morgan fingerprint density at radius 3 is 2.34 bits per heavy atom. The highest BCUT2D eigenvalue weighted by atomic mass is 16.5. The van der Waals surface area contributed by atoms with E-state index in [1.54, 1.807) is 43.4 Å². The number of esters is 1. The van der Waals surface area contributed by atoms with Crippen LogP contribution in [0, 0.1) is 0 Å². The first-order chi connectivity index (χ1) is 14.0. The minimum atomic E-state index is -1.75. The van der Waals surface area contributed by atoms with Gasteiger partial charge in [-0.05, 0) is 18.2 Å². The van der Waals surface area contributed by atoms with E-state index in [1.165, 1.54) is 32.3 Å². The summed E-state index contributed by atoms with van der Waals surface area (Å²) in [6, 6.07) is 10.4. The SMILES string of the molecule is C=CCOC(=O)C1(c2ccc(OC)c(OC)c2OC)C(=O)N(C)c2ccccc21. The second-order valence-electron chi connectivity index (χ2n) is 6.40. The summed E-state index contributed by atoms with van der Waals surface area (Å²) in [6.45, 7) is 3.55. The van der Waals surface area contributed by atoms with E-state index in [1.807, 2.05) is 0 Å². The van der Waals surface area contributed by atoms with Crippen LogP contribution in [0.1, 0.15) is 11.1 Å². The van der Waals surface area contributed by atoms with Crippen molar-refractivity contribution in [3.05, 3.63) is 60.2 Å². The summed E-state index contributed by atoms with van der Waals surface area (Å²) >= 11 is 0. The topological polar surface area (TPSA) is 74.3 Å². The lowest BCUT2D eigenvalue weighted by Gasteiger charge is -2.29. The van der Waals surface area contributed by atoms with Gasteiger partial charge in [0.25, 0.3) is 5.91 Å². The zero-order chi connectivity index (χ0) is 21.2. The zero-order valence-corrected chi connectivity index (χ0v) is 16.9. The van der Waals surface area contributed by atoms with Crippen LogP contribution in [0.3, 0.4) is 0 Å². The van der Waals surface area contributed by atoms with E-state index >= 15 is 0 Å². The molecule has 0 N–H and O–H groups in total. The summed E-state index contributed by atoms with van der Waals surface area (Å²) in [5.74, 6) is -0.248. The smallest absolute Gasteiger partial charge is 0.331 e. The Hall–Kier alpha value is -3.48. The van der Waals surface area contributed by atoms with Crippen molar-refractivity contribution >= 4 is 17.6 Å². The molecule has 0 fully saturated rings. The molecule has 3 rings (SSSR count). The van der Waals surface area contributed by atoms with E-state index in [9.17, 15) is 9.59 Å². The second kappa shape index (κ2) is 7.87. The molecule has 1 aliphatic heterocycles. The lowest BCUT2D eigenvalue weighted by Crippen LogP contribution is -2.47. The van der Waals surface area contributed by atoms with Gasteiger partial charge in [0, 0.05) is 23.9 Å². The number of para-hydroxylation sites is 1. The fourth-order valence-electron chi connectivity index (χ4n) is 3.77. The fraction of sp³-hybridized carbons (Fsp3) is 0.273. The molecule has 0 saturated heterocycles. The van der Waals surface area contributed by atoms with Gasteiger partial charge in [-0.2, -0.15) is 0 Å². The van der Waals surface area contributed by atoms with Gasteiger partial charge in [-0.15, -0.1) is 0 Å². The maximum absolute atomic E-state index is 13.6. The van der Waals surface area contributed by atoms with Crippen molar-refractivity contribution in [1.82, 2.24) is 0 Å². The summed E-state index contributed by atoms with van der Waals surface area (Å²) in [6.07, 6.45) is 1.45. The molecule has 1 atom stereocenters. The van der Waals surface area contributed by atoms with Gasteiger partial charge in [-0.1, -0.05) is 30.9 Å². The number of amides is 1. The van der Waals surface area contributed by atoms with E-state index in [4.69, 9.17) is 18.9 Å². The summed E-state index contributed by atoms with van der Waals surface area (Å²) in [7, 11) is 6.02. The Labute approximate surface area is 169 Å². The van der Waals surface area contributed by atoms with Crippen molar-refractivity contribution in [3.63, 3.8) is 0 Å². The molecule has 29 heavy (non-hydrogen) atoms. The number of carbonyl (C=O) groups is 2. The van der Waals surface area contributed by atoms with Gasteiger partial charge < -0.3 is 23.8 Å². The third kappa shape index (κ3) is 2.81. The molecule has 7 heteroatoms. The Morgan fingerprint density at radius 2 is 1.72 bits per heavy atom. The highest BCUT2D eigenvalue weighted by Crippen LogP contribution is 2.52. The minimum absolute atomic E-state index is 0.0324. The number of hydrogen-bond acceptors (Lipinski definition) is 6. The molecule has 0 aliphatic carbocycles. The number of nitrogens with zero attached hydrogens (tertiary/aromatic N) is 1. The van der Waals surface area contributed by atoms with Crippen LogP contribution in [-0.4, -0.2) is 46.9 Å². The fourth-order valence-corrected chi connectivity index (χ4v) is 3.77. The van der Waals surface area contributed by atoms with Crippen LogP contribution in [0.25, 0.3) is 0 Å². The van der Waals surface area contributed by atoms with Crippen LogP contribution in [0.15, 0.2) is 49.1 Å². The van der Waals surface area contributed by atoms with Gasteiger partial charge in [0.15, 0.2) is 11.5 Å². The molecular formula is C22H23NO6. The first-order valence-corrected chi connectivity index (χ1v) is 8.94.